The van der Waals surface area contributed by atoms with Crippen LogP contribution in [0.2, 0.25) is 0 Å². The van der Waals surface area contributed by atoms with Crippen LogP contribution in [0.4, 0.5) is 4.39 Å². The Morgan fingerprint density at radius 3 is 2.71 bits per heavy atom. The third kappa shape index (κ3) is 1.39. The predicted molar refractivity (Wildman–Crippen MR) is 51.1 cm³/mol. The number of hydrogen-bond acceptors (Lipinski definition) is 2. The van der Waals surface area contributed by atoms with Crippen molar-refractivity contribution in [3.63, 3.8) is 0 Å². The molecule has 14 heavy (non-hydrogen) atoms. The van der Waals surface area contributed by atoms with Crippen LogP contribution in [-0.2, 0) is 7.05 Å². The molecule has 0 aliphatic carbocycles. The summed E-state index contributed by atoms with van der Waals surface area (Å²) in [7, 11) is 1.86. The van der Waals surface area contributed by atoms with Crippen molar-refractivity contribution in [3.8, 4) is 11.4 Å². The van der Waals surface area contributed by atoms with Crippen molar-refractivity contribution in [1.29, 1.82) is 0 Å². The minimum absolute atomic E-state index is 0.228. The lowest BCUT2D eigenvalue weighted by Crippen LogP contribution is -1.93. The Morgan fingerprint density at radius 1 is 1.36 bits per heavy atom. The Balaban J connectivity index is 2.58. The molecular formula is C10H10FN3. The van der Waals surface area contributed by atoms with Gasteiger partial charge in [-0.3, -0.25) is 0 Å². The van der Waals surface area contributed by atoms with Gasteiger partial charge in [-0.15, -0.1) is 10.2 Å². The lowest BCUT2D eigenvalue weighted by Gasteiger charge is -2.04. The molecule has 0 saturated heterocycles. The van der Waals surface area contributed by atoms with E-state index in [0.717, 1.165) is 17.0 Å². The van der Waals surface area contributed by atoms with Crippen LogP contribution in [0.3, 0.4) is 0 Å². The van der Waals surface area contributed by atoms with Gasteiger partial charge in [0.1, 0.15) is 12.1 Å². The largest absolute Gasteiger partial charge is 0.317 e. The van der Waals surface area contributed by atoms with Gasteiger partial charge < -0.3 is 4.57 Å². The van der Waals surface area contributed by atoms with Crippen LogP contribution in [0.15, 0.2) is 24.5 Å². The maximum absolute atomic E-state index is 12.8. The highest BCUT2D eigenvalue weighted by Gasteiger charge is 2.07. The number of aryl methyl sites for hydroxylation is 2. The van der Waals surface area contributed by atoms with Gasteiger partial charge in [-0.2, -0.15) is 0 Å². The van der Waals surface area contributed by atoms with E-state index in [-0.39, 0.29) is 5.82 Å². The third-order valence-electron chi connectivity index (χ3n) is 2.14. The standard InChI is InChI=1S/C10H10FN3/c1-7-5-8(11)3-4-9(7)10-13-12-6-14(10)2/h3-6H,1-2H3. The first-order chi connectivity index (χ1) is 6.68. The van der Waals surface area contributed by atoms with E-state index in [2.05, 4.69) is 10.2 Å². The summed E-state index contributed by atoms with van der Waals surface area (Å²) >= 11 is 0. The van der Waals surface area contributed by atoms with Crippen molar-refractivity contribution in [2.24, 2.45) is 7.05 Å². The lowest BCUT2D eigenvalue weighted by molar-refractivity contribution is 0.626. The monoisotopic (exact) mass is 191 g/mol. The zero-order valence-electron chi connectivity index (χ0n) is 8.03. The maximum Gasteiger partial charge on any atom is 0.163 e. The molecule has 72 valence electrons. The summed E-state index contributed by atoms with van der Waals surface area (Å²) in [5.74, 6) is 0.524. The number of halogens is 1. The highest BCUT2D eigenvalue weighted by Crippen LogP contribution is 2.20. The van der Waals surface area contributed by atoms with Gasteiger partial charge in [-0.25, -0.2) is 4.39 Å². The van der Waals surface area contributed by atoms with Gasteiger partial charge in [0.25, 0.3) is 0 Å². The average molecular weight is 191 g/mol. The quantitative estimate of drug-likeness (QED) is 0.689. The summed E-state index contributed by atoms with van der Waals surface area (Å²) in [6.45, 7) is 1.85. The van der Waals surface area contributed by atoms with Crippen LogP contribution in [0, 0.1) is 12.7 Å². The molecule has 0 saturated carbocycles. The minimum Gasteiger partial charge on any atom is -0.317 e. The molecule has 1 heterocycles. The predicted octanol–water partition coefficient (Wildman–Crippen LogP) is 1.93. The van der Waals surface area contributed by atoms with Crippen LogP contribution < -0.4 is 0 Å². The SMILES string of the molecule is Cc1cc(F)ccc1-c1nncn1C. The van der Waals surface area contributed by atoms with Gasteiger partial charge in [-0.1, -0.05) is 0 Å². The molecule has 0 N–H and O–H groups in total. The van der Waals surface area contributed by atoms with Crippen molar-refractivity contribution < 1.29 is 4.39 Å². The van der Waals surface area contributed by atoms with Gasteiger partial charge in [0, 0.05) is 12.6 Å². The molecule has 2 aromatic rings. The molecular weight excluding hydrogens is 181 g/mol. The Hall–Kier alpha value is -1.71. The first-order valence-electron chi connectivity index (χ1n) is 4.29. The first-order valence-corrected chi connectivity index (χ1v) is 4.29. The normalized spacial score (nSPS) is 10.5. The fraction of sp³-hybridized carbons (Fsp3) is 0.200. The molecule has 0 bridgehead atoms. The van der Waals surface area contributed by atoms with Crippen molar-refractivity contribution >= 4 is 0 Å². The van der Waals surface area contributed by atoms with E-state index in [4.69, 9.17) is 0 Å². The van der Waals surface area contributed by atoms with E-state index in [0.29, 0.717) is 0 Å². The van der Waals surface area contributed by atoms with Crippen molar-refractivity contribution in [2.45, 2.75) is 6.92 Å². The van der Waals surface area contributed by atoms with Gasteiger partial charge in [0.15, 0.2) is 5.82 Å². The van der Waals surface area contributed by atoms with Crippen molar-refractivity contribution in [1.82, 2.24) is 14.8 Å². The van der Waals surface area contributed by atoms with E-state index >= 15 is 0 Å². The van der Waals surface area contributed by atoms with Crippen molar-refractivity contribution in [2.75, 3.05) is 0 Å². The summed E-state index contributed by atoms with van der Waals surface area (Å²) < 4.78 is 14.7. The number of benzene rings is 1. The lowest BCUT2D eigenvalue weighted by atomic mass is 10.1. The Bertz CT molecular complexity index is 462. The molecule has 0 radical (unpaired) electrons. The number of nitrogens with zero attached hydrogens (tertiary/aromatic N) is 3. The molecule has 3 nitrogen and oxygen atoms in total. The van der Waals surface area contributed by atoms with Crippen LogP contribution in [0.1, 0.15) is 5.56 Å². The van der Waals surface area contributed by atoms with Crippen LogP contribution in [-0.4, -0.2) is 14.8 Å². The smallest absolute Gasteiger partial charge is 0.163 e. The molecule has 0 aliphatic heterocycles. The second kappa shape index (κ2) is 3.21. The fourth-order valence-electron chi connectivity index (χ4n) is 1.41. The Kier molecular flexibility index (Phi) is 2.04. The van der Waals surface area contributed by atoms with E-state index in [9.17, 15) is 4.39 Å². The minimum atomic E-state index is -0.228. The first kappa shape index (κ1) is 8.87. The maximum atomic E-state index is 12.8. The second-order valence-corrected chi connectivity index (χ2v) is 3.22. The molecule has 1 aromatic heterocycles. The van der Waals surface area contributed by atoms with E-state index in [1.807, 2.05) is 14.0 Å². The number of hydrogen-bond donors (Lipinski definition) is 0. The zero-order valence-corrected chi connectivity index (χ0v) is 8.03. The van der Waals surface area contributed by atoms with Crippen LogP contribution >= 0.6 is 0 Å². The molecule has 4 heteroatoms. The molecule has 0 unspecified atom stereocenters. The Morgan fingerprint density at radius 2 is 2.14 bits per heavy atom. The molecule has 2 rings (SSSR count). The topological polar surface area (TPSA) is 30.7 Å². The van der Waals surface area contributed by atoms with E-state index in [1.54, 1.807) is 17.0 Å². The molecule has 1 aromatic carbocycles. The average Bonchev–Trinajstić information content (AvgIpc) is 2.52. The van der Waals surface area contributed by atoms with Crippen LogP contribution in [0.25, 0.3) is 11.4 Å². The van der Waals surface area contributed by atoms with E-state index in [1.165, 1.54) is 12.1 Å². The van der Waals surface area contributed by atoms with Crippen LogP contribution in [0.5, 0.6) is 0 Å². The molecule has 0 atom stereocenters. The second-order valence-electron chi connectivity index (χ2n) is 3.22. The zero-order chi connectivity index (χ0) is 10.1. The third-order valence-corrected chi connectivity index (χ3v) is 2.14. The summed E-state index contributed by atoms with van der Waals surface area (Å²) in [6.07, 6.45) is 1.62. The molecule has 0 aliphatic rings. The summed E-state index contributed by atoms with van der Waals surface area (Å²) in [6, 6.07) is 4.63. The van der Waals surface area contributed by atoms with E-state index < -0.39 is 0 Å². The van der Waals surface area contributed by atoms with Gasteiger partial charge in [-0.05, 0) is 30.7 Å². The number of aromatic nitrogens is 3. The highest BCUT2D eigenvalue weighted by atomic mass is 19.1. The Labute approximate surface area is 81.2 Å². The highest BCUT2D eigenvalue weighted by molar-refractivity contribution is 5.59. The summed E-state index contributed by atoms with van der Waals surface area (Å²) in [5, 5.41) is 7.75. The molecule has 0 spiro atoms. The molecule has 0 amide bonds. The van der Waals surface area contributed by atoms with Gasteiger partial charge in [0.2, 0.25) is 0 Å². The van der Waals surface area contributed by atoms with Crippen molar-refractivity contribution in [3.05, 3.63) is 35.9 Å². The van der Waals surface area contributed by atoms with Gasteiger partial charge >= 0.3 is 0 Å². The van der Waals surface area contributed by atoms with Gasteiger partial charge in [0.05, 0.1) is 0 Å². The summed E-state index contributed by atoms with van der Waals surface area (Å²) in [5.41, 5.74) is 1.77. The summed E-state index contributed by atoms with van der Waals surface area (Å²) in [4.78, 5) is 0. The fourth-order valence-corrected chi connectivity index (χ4v) is 1.41. The molecule has 0 fully saturated rings. The number of rotatable bonds is 1.